The zero-order valence-electron chi connectivity index (χ0n) is 10.6. The van der Waals surface area contributed by atoms with Gasteiger partial charge >= 0.3 is 12.1 Å². The van der Waals surface area contributed by atoms with Crippen LogP contribution >= 0.6 is 0 Å². The first-order valence-corrected chi connectivity index (χ1v) is 5.53. The van der Waals surface area contributed by atoms with E-state index in [2.05, 4.69) is 14.7 Å². The van der Waals surface area contributed by atoms with Gasteiger partial charge in [-0.1, -0.05) is 5.16 Å². The Bertz CT molecular complexity index is 677. The first-order chi connectivity index (χ1) is 9.21. The van der Waals surface area contributed by atoms with Gasteiger partial charge in [-0.05, 0) is 37.1 Å². The molecular weight excluding hydrogens is 275 g/mol. The summed E-state index contributed by atoms with van der Waals surface area (Å²) >= 11 is 0. The molecule has 0 fully saturated rings. The number of carbonyl (C=O) groups is 1. The maximum atomic E-state index is 12.4. The zero-order valence-corrected chi connectivity index (χ0v) is 10.6. The molecule has 0 radical (unpaired) electrons. The van der Waals surface area contributed by atoms with Gasteiger partial charge in [0, 0.05) is 11.1 Å². The number of alkyl halides is 3. The summed E-state index contributed by atoms with van der Waals surface area (Å²) < 4.78 is 41.4. The molecule has 20 heavy (non-hydrogen) atoms. The molecule has 1 aromatic heterocycles. The van der Waals surface area contributed by atoms with Gasteiger partial charge in [0.2, 0.25) is 11.7 Å². The minimum absolute atomic E-state index is 0.186. The zero-order chi connectivity index (χ0) is 15.1. The fourth-order valence-electron chi connectivity index (χ4n) is 1.78. The van der Waals surface area contributed by atoms with E-state index in [1.54, 1.807) is 13.8 Å². The van der Waals surface area contributed by atoms with Crippen molar-refractivity contribution >= 4 is 5.91 Å². The Balaban J connectivity index is 2.52. The Morgan fingerprint density at radius 2 is 1.90 bits per heavy atom. The number of nitrogens with zero attached hydrogens (tertiary/aromatic N) is 2. The monoisotopic (exact) mass is 285 g/mol. The molecule has 1 aromatic carbocycles. The molecule has 5 nitrogen and oxygen atoms in total. The lowest BCUT2D eigenvalue weighted by Crippen LogP contribution is -2.13. The van der Waals surface area contributed by atoms with Crippen LogP contribution in [-0.4, -0.2) is 16.0 Å². The second-order valence-electron chi connectivity index (χ2n) is 4.20. The molecule has 8 heteroatoms. The summed E-state index contributed by atoms with van der Waals surface area (Å²) in [7, 11) is 0. The summed E-state index contributed by atoms with van der Waals surface area (Å²) in [5.74, 6) is -2.21. The maximum absolute atomic E-state index is 12.4. The van der Waals surface area contributed by atoms with Crippen LogP contribution in [0.5, 0.6) is 0 Å². The van der Waals surface area contributed by atoms with Crippen LogP contribution in [0.2, 0.25) is 0 Å². The lowest BCUT2D eigenvalue weighted by molar-refractivity contribution is -0.159. The lowest BCUT2D eigenvalue weighted by Gasteiger charge is -2.08. The summed E-state index contributed by atoms with van der Waals surface area (Å²) in [5, 5.41) is 3.31. The first-order valence-electron chi connectivity index (χ1n) is 5.53. The molecular formula is C12H10F3N3O2. The average molecular weight is 285 g/mol. The number of hydrogen-bond donors (Lipinski definition) is 1. The van der Waals surface area contributed by atoms with Gasteiger partial charge in [0.1, 0.15) is 0 Å². The van der Waals surface area contributed by atoms with Crippen LogP contribution in [0.3, 0.4) is 0 Å². The Kier molecular flexibility index (Phi) is 3.24. The standard InChI is InChI=1S/C12H10F3N3O2/c1-5-6(2)8(4-3-7(5)9(16)19)10-17-11(20-18-10)12(13,14)15/h3-4H,1-2H3,(H2,16,19). The van der Waals surface area contributed by atoms with Crippen LogP contribution < -0.4 is 5.73 Å². The summed E-state index contributed by atoms with van der Waals surface area (Å²) in [6.07, 6.45) is -4.69. The molecule has 0 aliphatic rings. The molecule has 0 bridgehead atoms. The number of rotatable bonds is 2. The Morgan fingerprint density at radius 1 is 1.25 bits per heavy atom. The highest BCUT2D eigenvalue weighted by Gasteiger charge is 2.38. The van der Waals surface area contributed by atoms with E-state index >= 15 is 0 Å². The molecule has 0 saturated carbocycles. The van der Waals surface area contributed by atoms with Crippen LogP contribution in [0.4, 0.5) is 13.2 Å². The third-order valence-electron chi connectivity index (χ3n) is 2.96. The number of nitrogens with two attached hydrogens (primary N) is 1. The van der Waals surface area contributed by atoms with Crippen molar-refractivity contribution < 1.29 is 22.5 Å². The predicted molar refractivity (Wildman–Crippen MR) is 62.7 cm³/mol. The van der Waals surface area contributed by atoms with Gasteiger partial charge in [0.15, 0.2) is 0 Å². The average Bonchev–Trinajstić information content (AvgIpc) is 2.81. The number of benzene rings is 1. The molecule has 2 N–H and O–H groups in total. The molecule has 1 heterocycles. The van der Waals surface area contributed by atoms with Crippen molar-refractivity contribution in [2.75, 3.05) is 0 Å². The van der Waals surface area contributed by atoms with E-state index < -0.39 is 18.0 Å². The minimum Gasteiger partial charge on any atom is -0.366 e. The molecule has 2 rings (SSSR count). The highest BCUT2D eigenvalue weighted by atomic mass is 19.4. The summed E-state index contributed by atoms with van der Waals surface area (Å²) in [4.78, 5) is 14.5. The molecule has 0 spiro atoms. The smallest absolute Gasteiger partial charge is 0.366 e. The Morgan fingerprint density at radius 3 is 2.40 bits per heavy atom. The normalized spacial score (nSPS) is 11.7. The van der Waals surface area contributed by atoms with E-state index in [0.717, 1.165) is 0 Å². The van der Waals surface area contributed by atoms with Crippen molar-refractivity contribution in [2.45, 2.75) is 20.0 Å². The molecule has 0 aliphatic heterocycles. The van der Waals surface area contributed by atoms with Gasteiger partial charge in [-0.25, -0.2) is 0 Å². The number of hydrogen-bond acceptors (Lipinski definition) is 4. The summed E-state index contributed by atoms with van der Waals surface area (Å²) in [6, 6.07) is 2.86. The van der Waals surface area contributed by atoms with Gasteiger partial charge < -0.3 is 10.3 Å². The topological polar surface area (TPSA) is 82.0 Å². The fraction of sp³-hybridized carbons (Fsp3) is 0.250. The van der Waals surface area contributed by atoms with Gasteiger partial charge in [-0.15, -0.1) is 0 Å². The lowest BCUT2D eigenvalue weighted by atomic mass is 9.97. The van der Waals surface area contributed by atoms with Crippen LogP contribution in [-0.2, 0) is 6.18 Å². The quantitative estimate of drug-likeness (QED) is 0.918. The predicted octanol–water partition coefficient (Wildman–Crippen LogP) is 2.47. The van der Waals surface area contributed by atoms with Crippen molar-refractivity contribution in [1.82, 2.24) is 10.1 Å². The molecule has 106 valence electrons. The van der Waals surface area contributed by atoms with Gasteiger partial charge in [0.25, 0.3) is 0 Å². The largest absolute Gasteiger partial charge is 0.471 e. The molecule has 0 aliphatic carbocycles. The third kappa shape index (κ3) is 2.36. The summed E-state index contributed by atoms with van der Waals surface area (Å²) in [5.41, 5.74) is 6.98. The van der Waals surface area contributed by atoms with Gasteiger partial charge in [-0.3, -0.25) is 4.79 Å². The van der Waals surface area contributed by atoms with Crippen molar-refractivity contribution in [3.63, 3.8) is 0 Å². The number of aromatic nitrogens is 2. The molecule has 0 saturated heterocycles. The first kappa shape index (κ1) is 14.0. The number of amides is 1. The molecule has 2 aromatic rings. The number of carbonyl (C=O) groups excluding carboxylic acids is 1. The van der Waals surface area contributed by atoms with Crippen LogP contribution in [0.1, 0.15) is 27.4 Å². The van der Waals surface area contributed by atoms with E-state index in [1.807, 2.05) is 0 Å². The van der Waals surface area contributed by atoms with Gasteiger partial charge in [0.05, 0.1) is 0 Å². The van der Waals surface area contributed by atoms with E-state index in [9.17, 15) is 18.0 Å². The fourth-order valence-corrected chi connectivity index (χ4v) is 1.78. The highest BCUT2D eigenvalue weighted by Crippen LogP contribution is 2.31. The number of halogens is 3. The Labute approximate surface area is 111 Å². The highest BCUT2D eigenvalue weighted by molar-refractivity contribution is 5.95. The minimum atomic E-state index is -4.69. The van der Waals surface area contributed by atoms with Crippen molar-refractivity contribution in [3.8, 4) is 11.4 Å². The molecule has 0 unspecified atom stereocenters. The van der Waals surface area contributed by atoms with Crippen molar-refractivity contribution in [2.24, 2.45) is 5.73 Å². The van der Waals surface area contributed by atoms with E-state index in [4.69, 9.17) is 5.73 Å². The van der Waals surface area contributed by atoms with Crippen molar-refractivity contribution in [1.29, 1.82) is 0 Å². The maximum Gasteiger partial charge on any atom is 0.471 e. The molecule has 0 atom stereocenters. The second kappa shape index (κ2) is 4.62. The SMILES string of the molecule is Cc1c(C(N)=O)ccc(-c2noc(C(F)(F)F)n2)c1C. The van der Waals surface area contributed by atoms with Crippen LogP contribution in [0.25, 0.3) is 11.4 Å². The van der Waals surface area contributed by atoms with E-state index in [1.165, 1.54) is 12.1 Å². The van der Waals surface area contributed by atoms with Gasteiger partial charge in [-0.2, -0.15) is 18.2 Å². The second-order valence-corrected chi connectivity index (χ2v) is 4.20. The number of primary amides is 1. The Hall–Kier alpha value is -2.38. The van der Waals surface area contributed by atoms with Crippen LogP contribution in [0, 0.1) is 13.8 Å². The van der Waals surface area contributed by atoms with Crippen LogP contribution in [0.15, 0.2) is 16.7 Å². The third-order valence-corrected chi connectivity index (χ3v) is 2.96. The van der Waals surface area contributed by atoms with E-state index in [0.29, 0.717) is 22.3 Å². The van der Waals surface area contributed by atoms with Crippen molar-refractivity contribution in [3.05, 3.63) is 34.7 Å². The van der Waals surface area contributed by atoms with E-state index in [-0.39, 0.29) is 5.82 Å². The molecule has 1 amide bonds. The summed E-state index contributed by atoms with van der Waals surface area (Å²) in [6.45, 7) is 3.28.